The van der Waals surface area contributed by atoms with Crippen LogP contribution in [0.4, 0.5) is 0 Å². The van der Waals surface area contributed by atoms with Gasteiger partial charge in [-0.3, -0.25) is 4.21 Å². The number of nitrogens with zero attached hydrogens (tertiary/aromatic N) is 6. The van der Waals surface area contributed by atoms with Gasteiger partial charge < -0.3 is 4.57 Å². The molecular formula is C12H12N6OS. The summed E-state index contributed by atoms with van der Waals surface area (Å²) in [7, 11) is -1.18. The van der Waals surface area contributed by atoms with Gasteiger partial charge in [0, 0.05) is 6.26 Å². The Morgan fingerprint density at radius 2 is 2.05 bits per heavy atom. The van der Waals surface area contributed by atoms with E-state index in [1.165, 1.54) is 6.33 Å². The Bertz CT molecular complexity index is 735. The van der Waals surface area contributed by atoms with Crippen LogP contribution < -0.4 is 0 Å². The summed E-state index contributed by atoms with van der Waals surface area (Å²) < 4.78 is 13.2. The fraction of sp³-hybridized carbons (Fsp3) is 0.167. The van der Waals surface area contributed by atoms with Crippen molar-refractivity contribution >= 4 is 10.8 Å². The molecule has 1 aromatic carbocycles. The zero-order chi connectivity index (χ0) is 13.9. The van der Waals surface area contributed by atoms with E-state index in [9.17, 15) is 4.21 Å². The van der Waals surface area contributed by atoms with Crippen LogP contribution in [0.15, 0.2) is 48.0 Å². The normalized spacial score (nSPS) is 12.4. The summed E-state index contributed by atoms with van der Waals surface area (Å²) in [6.45, 7) is 0.439. The van der Waals surface area contributed by atoms with Gasteiger partial charge in [-0.2, -0.15) is 15.0 Å². The molecule has 0 amide bonds. The Labute approximate surface area is 117 Å². The highest BCUT2D eigenvalue weighted by atomic mass is 32.2. The smallest absolute Gasteiger partial charge is 0.221 e. The van der Waals surface area contributed by atoms with Crippen molar-refractivity contribution in [2.45, 2.75) is 11.7 Å². The number of aromatic nitrogens is 6. The van der Waals surface area contributed by atoms with Gasteiger partial charge in [-0.15, -0.1) is 10.2 Å². The molecule has 1 atom stereocenters. The molecule has 0 aliphatic heterocycles. The summed E-state index contributed by atoms with van der Waals surface area (Å²) in [6.07, 6.45) is 4.79. The first-order valence-corrected chi connectivity index (χ1v) is 7.48. The van der Waals surface area contributed by atoms with Crippen molar-refractivity contribution in [2.75, 3.05) is 6.26 Å². The van der Waals surface area contributed by atoms with E-state index in [-0.39, 0.29) is 0 Å². The predicted octanol–water partition coefficient (Wildman–Crippen LogP) is 0.645. The van der Waals surface area contributed by atoms with Crippen LogP contribution in [0.3, 0.4) is 0 Å². The van der Waals surface area contributed by atoms with E-state index in [1.54, 1.807) is 21.8 Å². The van der Waals surface area contributed by atoms with E-state index >= 15 is 0 Å². The predicted molar refractivity (Wildman–Crippen MR) is 72.8 cm³/mol. The molecule has 0 fully saturated rings. The zero-order valence-electron chi connectivity index (χ0n) is 10.7. The quantitative estimate of drug-likeness (QED) is 0.704. The topological polar surface area (TPSA) is 78.5 Å². The molecule has 0 bridgehead atoms. The van der Waals surface area contributed by atoms with Gasteiger partial charge in [0.15, 0.2) is 0 Å². The first-order valence-electron chi connectivity index (χ1n) is 5.92. The summed E-state index contributed by atoms with van der Waals surface area (Å²) in [6, 6.07) is 9.64. The van der Waals surface area contributed by atoms with E-state index in [0.29, 0.717) is 11.7 Å². The molecule has 0 saturated heterocycles. The standard InChI is InChI=1S/C12H12N6OS/c1-20(19)12-15-13-9-17(12)8-10-7-14-18(16-10)11-5-3-2-4-6-11/h2-7,9H,8H2,1H3/t20-/m1/s1. The van der Waals surface area contributed by atoms with Crippen LogP contribution >= 0.6 is 0 Å². The Balaban J connectivity index is 1.84. The van der Waals surface area contributed by atoms with Crippen LogP contribution in [0, 0.1) is 0 Å². The number of benzene rings is 1. The van der Waals surface area contributed by atoms with Crippen LogP contribution in [0.25, 0.3) is 5.69 Å². The third-order valence-corrected chi connectivity index (χ3v) is 3.53. The zero-order valence-corrected chi connectivity index (χ0v) is 11.6. The number of rotatable bonds is 4. The summed E-state index contributed by atoms with van der Waals surface area (Å²) in [5, 5.41) is 16.6. The Hall–Kier alpha value is -2.35. The van der Waals surface area contributed by atoms with E-state index in [1.807, 2.05) is 30.3 Å². The molecule has 0 aliphatic rings. The fourth-order valence-corrected chi connectivity index (χ4v) is 2.41. The maximum atomic E-state index is 11.5. The third kappa shape index (κ3) is 2.50. The maximum Gasteiger partial charge on any atom is 0.221 e. The highest BCUT2D eigenvalue weighted by molar-refractivity contribution is 7.84. The molecule has 20 heavy (non-hydrogen) atoms. The molecule has 0 aliphatic carbocycles. The van der Waals surface area contributed by atoms with Crippen molar-refractivity contribution < 1.29 is 4.21 Å². The second-order valence-corrected chi connectivity index (χ2v) is 5.43. The van der Waals surface area contributed by atoms with Gasteiger partial charge in [-0.1, -0.05) is 18.2 Å². The van der Waals surface area contributed by atoms with Gasteiger partial charge >= 0.3 is 0 Å². The third-order valence-electron chi connectivity index (χ3n) is 2.70. The van der Waals surface area contributed by atoms with Crippen molar-refractivity contribution in [3.05, 3.63) is 48.5 Å². The molecule has 0 spiro atoms. The fourth-order valence-electron chi connectivity index (χ4n) is 1.80. The molecular weight excluding hydrogens is 276 g/mol. The van der Waals surface area contributed by atoms with E-state index in [2.05, 4.69) is 20.4 Å². The maximum absolute atomic E-state index is 11.5. The van der Waals surface area contributed by atoms with Gasteiger partial charge in [0.2, 0.25) is 5.16 Å². The lowest BCUT2D eigenvalue weighted by atomic mass is 10.3. The van der Waals surface area contributed by atoms with Crippen LogP contribution in [-0.4, -0.2) is 40.2 Å². The first kappa shape index (κ1) is 12.7. The lowest BCUT2D eigenvalue weighted by molar-refractivity contribution is 0.642. The first-order chi connectivity index (χ1) is 9.74. The molecule has 3 aromatic rings. The minimum Gasteiger partial charge on any atom is -0.300 e. The molecule has 2 aromatic heterocycles. The molecule has 0 N–H and O–H groups in total. The molecule has 102 valence electrons. The lowest BCUT2D eigenvalue weighted by Gasteiger charge is -2.01. The Morgan fingerprint density at radius 3 is 2.80 bits per heavy atom. The molecule has 7 nitrogen and oxygen atoms in total. The summed E-state index contributed by atoms with van der Waals surface area (Å²) in [5.41, 5.74) is 1.64. The van der Waals surface area contributed by atoms with E-state index in [0.717, 1.165) is 11.4 Å². The van der Waals surface area contributed by atoms with Crippen LogP contribution in [0.2, 0.25) is 0 Å². The minimum absolute atomic E-state index is 0.430. The molecule has 0 saturated carbocycles. The molecule has 8 heteroatoms. The van der Waals surface area contributed by atoms with Gasteiger partial charge in [0.25, 0.3) is 0 Å². The van der Waals surface area contributed by atoms with Crippen LogP contribution in [-0.2, 0) is 17.3 Å². The largest absolute Gasteiger partial charge is 0.300 e. The van der Waals surface area contributed by atoms with Crippen LogP contribution in [0.1, 0.15) is 5.69 Å². The highest BCUT2D eigenvalue weighted by Crippen LogP contribution is 2.07. The van der Waals surface area contributed by atoms with E-state index < -0.39 is 10.8 Å². The highest BCUT2D eigenvalue weighted by Gasteiger charge is 2.10. The molecule has 2 heterocycles. The Kier molecular flexibility index (Phi) is 3.38. The van der Waals surface area contributed by atoms with Crippen molar-refractivity contribution in [3.8, 4) is 5.69 Å². The SMILES string of the molecule is C[S@@](=O)c1nncn1Cc1cnn(-c2ccccc2)n1. The van der Waals surface area contributed by atoms with Crippen LogP contribution in [0.5, 0.6) is 0 Å². The van der Waals surface area contributed by atoms with E-state index in [4.69, 9.17) is 0 Å². The summed E-state index contributed by atoms with van der Waals surface area (Å²) in [5.74, 6) is 0. The van der Waals surface area contributed by atoms with Gasteiger partial charge in [-0.05, 0) is 12.1 Å². The monoisotopic (exact) mass is 288 g/mol. The summed E-state index contributed by atoms with van der Waals surface area (Å²) >= 11 is 0. The average Bonchev–Trinajstić information content (AvgIpc) is 3.09. The molecule has 0 unspecified atom stereocenters. The van der Waals surface area contributed by atoms with Gasteiger partial charge in [0.1, 0.15) is 12.0 Å². The van der Waals surface area contributed by atoms with Gasteiger partial charge in [-0.25, -0.2) is 0 Å². The average molecular weight is 288 g/mol. The van der Waals surface area contributed by atoms with Crippen molar-refractivity contribution in [1.29, 1.82) is 0 Å². The number of hydrogen-bond acceptors (Lipinski definition) is 5. The lowest BCUT2D eigenvalue weighted by Crippen LogP contribution is -2.06. The van der Waals surface area contributed by atoms with Crippen molar-refractivity contribution in [3.63, 3.8) is 0 Å². The molecule has 3 rings (SSSR count). The number of para-hydroxylation sites is 1. The minimum atomic E-state index is -1.18. The second-order valence-electron chi connectivity index (χ2n) is 4.16. The van der Waals surface area contributed by atoms with Crippen molar-refractivity contribution in [1.82, 2.24) is 29.8 Å². The van der Waals surface area contributed by atoms with Gasteiger partial charge in [0.05, 0.1) is 29.2 Å². The molecule has 0 radical (unpaired) electrons. The Morgan fingerprint density at radius 1 is 1.25 bits per heavy atom. The summed E-state index contributed by atoms with van der Waals surface area (Å²) in [4.78, 5) is 1.56. The second kappa shape index (κ2) is 5.33. The van der Waals surface area contributed by atoms with Crippen molar-refractivity contribution in [2.24, 2.45) is 0 Å². The number of hydrogen-bond donors (Lipinski definition) is 0.